The van der Waals surface area contributed by atoms with E-state index in [-0.39, 0.29) is 0 Å². The van der Waals surface area contributed by atoms with Crippen LogP contribution in [0.3, 0.4) is 0 Å². The van der Waals surface area contributed by atoms with Crippen molar-refractivity contribution in [2.75, 3.05) is 0 Å². The van der Waals surface area contributed by atoms with Crippen molar-refractivity contribution in [3.05, 3.63) is 33.4 Å². The summed E-state index contributed by atoms with van der Waals surface area (Å²) in [4.78, 5) is 0. The fourth-order valence-electron chi connectivity index (χ4n) is 2.46. The first-order valence-electron chi connectivity index (χ1n) is 5.99. The molecule has 0 aliphatic carbocycles. The second-order valence-corrected chi connectivity index (χ2v) is 4.98. The third kappa shape index (κ3) is 1.59. The van der Waals surface area contributed by atoms with Crippen molar-refractivity contribution in [3.8, 4) is 5.75 Å². The van der Waals surface area contributed by atoms with Crippen molar-refractivity contribution in [2.45, 2.75) is 47.8 Å². The smallest absolute Gasteiger partial charge is 0.220 e. The minimum absolute atomic E-state index is 0.803. The van der Waals surface area contributed by atoms with Gasteiger partial charge in [-0.25, -0.2) is 0 Å². The van der Waals surface area contributed by atoms with Crippen molar-refractivity contribution in [1.29, 1.82) is 0 Å². The Morgan fingerprint density at radius 3 is 1.94 bits per heavy atom. The van der Waals surface area contributed by atoms with Crippen LogP contribution in [0.2, 0.25) is 0 Å². The van der Waals surface area contributed by atoms with Gasteiger partial charge in [-0.05, 0) is 74.9 Å². The summed E-state index contributed by atoms with van der Waals surface area (Å²) in [6.45, 7) is 12.4. The van der Waals surface area contributed by atoms with E-state index in [1.54, 1.807) is 0 Å². The molecule has 0 radical (unpaired) electrons. The number of aliphatic hydroxyl groups is 1. The normalized spacial score (nSPS) is 19.1. The zero-order valence-electron chi connectivity index (χ0n) is 11.4. The van der Waals surface area contributed by atoms with Crippen LogP contribution in [0.1, 0.15) is 41.7 Å². The number of fused-ring (bicyclic) bond motifs is 1. The molecule has 2 nitrogen and oxygen atoms in total. The molecule has 0 amide bonds. The van der Waals surface area contributed by atoms with E-state index in [2.05, 4.69) is 34.6 Å². The van der Waals surface area contributed by atoms with Crippen LogP contribution >= 0.6 is 0 Å². The summed E-state index contributed by atoms with van der Waals surface area (Å²) in [7, 11) is 0. The van der Waals surface area contributed by atoms with Gasteiger partial charge in [-0.15, -0.1) is 0 Å². The maximum Gasteiger partial charge on any atom is 0.220 e. The zero-order chi connectivity index (χ0) is 12.9. The van der Waals surface area contributed by atoms with Crippen LogP contribution in [0.4, 0.5) is 0 Å². The average molecular weight is 232 g/mol. The maximum absolute atomic E-state index is 9.89. The topological polar surface area (TPSA) is 29.5 Å². The fourth-order valence-corrected chi connectivity index (χ4v) is 2.46. The van der Waals surface area contributed by atoms with Crippen molar-refractivity contribution in [3.63, 3.8) is 0 Å². The molecule has 1 heterocycles. The summed E-state index contributed by atoms with van der Waals surface area (Å²) in [5, 5.41) is 9.89. The molecule has 1 aliphatic rings. The summed E-state index contributed by atoms with van der Waals surface area (Å²) < 4.78 is 5.66. The molecule has 1 atom stereocenters. The Bertz CT molecular complexity index is 524. The van der Waals surface area contributed by atoms with Gasteiger partial charge in [0.25, 0.3) is 0 Å². The third-order valence-electron chi connectivity index (χ3n) is 4.20. The van der Waals surface area contributed by atoms with Gasteiger partial charge in [-0.2, -0.15) is 0 Å². The lowest BCUT2D eigenvalue weighted by molar-refractivity contribution is 0.0116. The molecule has 1 unspecified atom stereocenters. The average Bonchev–Trinajstić information content (AvgIpc) is 2.30. The van der Waals surface area contributed by atoms with Gasteiger partial charge in [0, 0.05) is 5.56 Å². The lowest BCUT2D eigenvalue weighted by Crippen LogP contribution is -2.24. The zero-order valence-corrected chi connectivity index (χ0v) is 11.4. The first kappa shape index (κ1) is 12.2. The van der Waals surface area contributed by atoms with E-state index in [4.69, 9.17) is 4.74 Å². The predicted octanol–water partition coefficient (Wildman–Crippen LogP) is 3.42. The van der Waals surface area contributed by atoms with Crippen molar-refractivity contribution >= 4 is 5.57 Å². The highest BCUT2D eigenvalue weighted by Gasteiger charge is 2.26. The fraction of sp³-hybridized carbons (Fsp3) is 0.467. The maximum atomic E-state index is 9.89. The number of benzene rings is 1. The second-order valence-electron chi connectivity index (χ2n) is 4.98. The lowest BCUT2D eigenvalue weighted by atomic mass is 9.87. The van der Waals surface area contributed by atoms with Crippen molar-refractivity contribution in [1.82, 2.24) is 0 Å². The van der Waals surface area contributed by atoms with Crippen LogP contribution in [0.15, 0.2) is 5.57 Å². The van der Waals surface area contributed by atoms with Crippen molar-refractivity contribution < 1.29 is 9.84 Å². The van der Waals surface area contributed by atoms with E-state index in [0.29, 0.717) is 0 Å². The minimum atomic E-state index is -0.803. The Morgan fingerprint density at radius 2 is 1.35 bits per heavy atom. The summed E-state index contributed by atoms with van der Waals surface area (Å²) in [6, 6.07) is 0. The van der Waals surface area contributed by atoms with Crippen LogP contribution in [-0.4, -0.2) is 11.4 Å². The number of allylic oxidation sites excluding steroid dienone is 1. The molecule has 0 spiro atoms. The lowest BCUT2D eigenvalue weighted by Gasteiger charge is -2.29. The molecule has 1 N–H and O–H groups in total. The Morgan fingerprint density at radius 1 is 0.824 bits per heavy atom. The van der Waals surface area contributed by atoms with Gasteiger partial charge in [0.2, 0.25) is 6.29 Å². The quantitative estimate of drug-likeness (QED) is 0.742. The van der Waals surface area contributed by atoms with Gasteiger partial charge in [0.1, 0.15) is 5.75 Å². The van der Waals surface area contributed by atoms with E-state index in [1.807, 2.05) is 6.92 Å². The molecule has 0 aromatic heterocycles. The van der Waals surface area contributed by atoms with Crippen LogP contribution < -0.4 is 4.74 Å². The molecule has 0 bridgehead atoms. The number of hydrogen-bond acceptors (Lipinski definition) is 2. The number of rotatable bonds is 0. The number of aliphatic hydroxyl groups excluding tert-OH is 1. The largest absolute Gasteiger partial charge is 0.460 e. The molecule has 0 fully saturated rings. The molecule has 0 saturated heterocycles. The molecular weight excluding hydrogens is 212 g/mol. The number of hydrogen-bond donors (Lipinski definition) is 1. The Hall–Kier alpha value is -1.28. The van der Waals surface area contributed by atoms with E-state index >= 15 is 0 Å². The SMILES string of the molecule is CC1=C(C)C(O)Oc2c(C)c(C)c(C)c(C)c21. The van der Waals surface area contributed by atoms with Crippen LogP contribution in [-0.2, 0) is 0 Å². The summed E-state index contributed by atoms with van der Waals surface area (Å²) >= 11 is 0. The minimum Gasteiger partial charge on any atom is -0.460 e. The van der Waals surface area contributed by atoms with Crippen LogP contribution in [0, 0.1) is 27.7 Å². The van der Waals surface area contributed by atoms with E-state index in [9.17, 15) is 5.11 Å². The van der Waals surface area contributed by atoms with E-state index in [0.717, 1.165) is 28.0 Å². The predicted molar refractivity (Wildman–Crippen MR) is 70.3 cm³/mol. The molecule has 0 saturated carbocycles. The van der Waals surface area contributed by atoms with Crippen LogP contribution in [0.5, 0.6) is 5.75 Å². The molecule has 1 aromatic carbocycles. The third-order valence-corrected chi connectivity index (χ3v) is 4.20. The summed E-state index contributed by atoms with van der Waals surface area (Å²) in [5.74, 6) is 0.848. The molecule has 92 valence electrons. The summed E-state index contributed by atoms with van der Waals surface area (Å²) in [6.07, 6.45) is -0.803. The highest BCUT2D eigenvalue weighted by Crippen LogP contribution is 2.42. The Kier molecular flexibility index (Phi) is 2.78. The first-order valence-corrected chi connectivity index (χ1v) is 5.99. The van der Waals surface area contributed by atoms with Crippen molar-refractivity contribution in [2.24, 2.45) is 0 Å². The van der Waals surface area contributed by atoms with Gasteiger partial charge in [0.05, 0.1) is 0 Å². The highest BCUT2D eigenvalue weighted by molar-refractivity contribution is 5.78. The van der Waals surface area contributed by atoms with E-state index < -0.39 is 6.29 Å². The Balaban J connectivity index is 2.85. The molecule has 2 heteroatoms. The molecule has 1 aliphatic heterocycles. The van der Waals surface area contributed by atoms with Gasteiger partial charge >= 0.3 is 0 Å². The first-order chi connectivity index (χ1) is 7.86. The van der Waals surface area contributed by atoms with Gasteiger partial charge in [-0.1, -0.05) is 0 Å². The van der Waals surface area contributed by atoms with Crippen LogP contribution in [0.25, 0.3) is 5.57 Å². The van der Waals surface area contributed by atoms with Gasteiger partial charge in [-0.3, -0.25) is 0 Å². The van der Waals surface area contributed by atoms with E-state index in [1.165, 1.54) is 16.7 Å². The molecular formula is C15H20O2. The van der Waals surface area contributed by atoms with Gasteiger partial charge < -0.3 is 9.84 Å². The van der Waals surface area contributed by atoms with Gasteiger partial charge in [0.15, 0.2) is 0 Å². The Labute approximate surface area is 103 Å². The summed E-state index contributed by atoms with van der Waals surface area (Å²) in [5.41, 5.74) is 8.16. The standard InChI is InChI=1S/C15H20O2/c1-7-8(2)11(5)14-13(9(7)3)10(4)12(6)15(16)17-14/h15-16H,1-6H3. The molecule has 2 rings (SSSR count). The second kappa shape index (κ2) is 3.88. The monoisotopic (exact) mass is 232 g/mol. The molecule has 17 heavy (non-hydrogen) atoms. The molecule has 1 aromatic rings. The number of ether oxygens (including phenoxy) is 1. The highest BCUT2D eigenvalue weighted by atomic mass is 16.6.